The molecule has 0 saturated carbocycles. The lowest BCUT2D eigenvalue weighted by atomic mass is 9.95. The van der Waals surface area contributed by atoms with E-state index in [2.05, 4.69) is 9.82 Å². The zero-order valence-electron chi connectivity index (χ0n) is 20.5. The van der Waals surface area contributed by atoms with E-state index < -0.39 is 34.7 Å². The minimum atomic E-state index is -5.42. The fourth-order valence-corrected chi connectivity index (χ4v) is 4.60. The van der Waals surface area contributed by atoms with Crippen LogP contribution in [-0.2, 0) is 25.6 Å². The van der Waals surface area contributed by atoms with Crippen LogP contribution in [0.5, 0.6) is 0 Å². The van der Waals surface area contributed by atoms with Gasteiger partial charge in [0.1, 0.15) is 5.54 Å². The van der Waals surface area contributed by atoms with Crippen molar-refractivity contribution >= 4 is 39.7 Å². The first-order chi connectivity index (χ1) is 18.0. The van der Waals surface area contributed by atoms with Crippen molar-refractivity contribution in [3.05, 3.63) is 72.4 Å². The molecule has 0 bridgehead atoms. The van der Waals surface area contributed by atoms with Gasteiger partial charge in [0.2, 0.25) is 5.12 Å². The third-order valence-corrected chi connectivity index (χ3v) is 6.84. The molecular weight excluding hydrogens is 521 g/mol. The zero-order chi connectivity index (χ0) is 27.9. The van der Waals surface area contributed by atoms with Crippen LogP contribution in [-0.4, -0.2) is 51.3 Å². The van der Waals surface area contributed by atoms with Crippen molar-refractivity contribution in [2.45, 2.75) is 48.8 Å². The van der Waals surface area contributed by atoms with E-state index in [1.165, 1.54) is 13.1 Å². The monoisotopic (exact) mass is 548 g/mol. The molecule has 202 valence electrons. The van der Waals surface area contributed by atoms with Crippen molar-refractivity contribution in [1.29, 1.82) is 0 Å². The van der Waals surface area contributed by atoms with Crippen LogP contribution in [0.2, 0.25) is 0 Å². The number of para-hydroxylation sites is 1. The molecule has 3 rings (SSSR count). The predicted octanol–water partition coefficient (Wildman–Crippen LogP) is 3.77. The first kappa shape index (κ1) is 29.1. The average Bonchev–Trinajstić information content (AvgIpc) is 2.89. The maximum Gasteiger partial charge on any atom is 0.493 e. The molecule has 2 aromatic carbocycles. The van der Waals surface area contributed by atoms with E-state index in [1.54, 1.807) is 60.7 Å². The highest BCUT2D eigenvalue weighted by atomic mass is 32.2. The number of alkyl halides is 3. The minimum absolute atomic E-state index is 0.0659. The highest BCUT2D eigenvalue weighted by Gasteiger charge is 2.50. The molecule has 1 heterocycles. The number of rotatable bonds is 9. The lowest BCUT2D eigenvalue weighted by molar-refractivity contribution is -0.251. The van der Waals surface area contributed by atoms with E-state index in [0.29, 0.717) is 27.7 Å². The van der Waals surface area contributed by atoms with Gasteiger partial charge in [-0.15, -0.1) is 0 Å². The van der Waals surface area contributed by atoms with Crippen LogP contribution in [0.25, 0.3) is 10.9 Å². The number of carbonyl (C=O) groups is 3. The third-order valence-electron chi connectivity index (χ3n) is 5.75. The molecule has 3 aromatic rings. The number of hydroxylamine groups is 2. The average molecular weight is 549 g/mol. The number of fused-ring (bicyclic) bond motifs is 1. The molecule has 8 nitrogen and oxygen atoms in total. The Bertz CT molecular complexity index is 1290. The largest absolute Gasteiger partial charge is 0.493 e. The fourth-order valence-electron chi connectivity index (χ4n) is 3.69. The number of nitrogens with zero attached hydrogens (tertiary/aromatic N) is 2. The molecule has 0 saturated heterocycles. The topological polar surface area (TPSA) is 129 Å². The SMILES string of the molecule is C[C@](CCCN)(C(=O)Sc1cnc2ccccc2c1)N(OC(=O)C(F)(F)F)C(=O)[C@@H](N)Cc1ccccc1. The van der Waals surface area contributed by atoms with Crippen LogP contribution < -0.4 is 11.5 Å². The second kappa shape index (κ2) is 12.4. The van der Waals surface area contributed by atoms with E-state index >= 15 is 0 Å². The number of nitrogens with two attached hydrogens (primary N) is 2. The van der Waals surface area contributed by atoms with E-state index in [9.17, 15) is 27.6 Å². The number of carbonyl (C=O) groups excluding carboxylic acids is 3. The van der Waals surface area contributed by atoms with Crippen LogP contribution in [0.15, 0.2) is 71.8 Å². The highest BCUT2D eigenvalue weighted by Crippen LogP contribution is 2.34. The summed E-state index contributed by atoms with van der Waals surface area (Å²) < 4.78 is 39.6. The van der Waals surface area contributed by atoms with Crippen molar-refractivity contribution in [3.63, 3.8) is 0 Å². The summed E-state index contributed by atoms with van der Waals surface area (Å²) in [5.41, 5.74) is 11.0. The van der Waals surface area contributed by atoms with E-state index in [-0.39, 0.29) is 30.9 Å². The molecule has 0 unspecified atom stereocenters. The Morgan fingerprint density at radius 1 is 1.08 bits per heavy atom. The van der Waals surface area contributed by atoms with Gasteiger partial charge >= 0.3 is 12.1 Å². The summed E-state index contributed by atoms with van der Waals surface area (Å²) in [4.78, 5) is 48.1. The van der Waals surface area contributed by atoms with Crippen LogP contribution in [0.3, 0.4) is 0 Å². The maximum atomic E-state index is 13.6. The van der Waals surface area contributed by atoms with Crippen molar-refractivity contribution in [2.24, 2.45) is 11.5 Å². The van der Waals surface area contributed by atoms with Gasteiger partial charge in [-0.25, -0.2) is 4.79 Å². The van der Waals surface area contributed by atoms with Crippen molar-refractivity contribution in [2.75, 3.05) is 6.54 Å². The number of aromatic nitrogens is 1. The molecule has 1 aromatic heterocycles. The second-order valence-electron chi connectivity index (χ2n) is 8.72. The quantitative estimate of drug-likeness (QED) is 0.306. The van der Waals surface area contributed by atoms with Gasteiger partial charge < -0.3 is 16.3 Å². The molecule has 38 heavy (non-hydrogen) atoms. The number of thioether (sulfide) groups is 1. The van der Waals surface area contributed by atoms with Gasteiger partial charge in [0.05, 0.1) is 11.6 Å². The standard InChI is InChI=1S/C26H27F3N4O4S/c1-25(12-7-13-30,24(36)38-19-15-18-10-5-6-11-21(18)32-16-19)33(37-23(35)26(27,28)29)22(34)20(31)14-17-8-3-2-4-9-17/h2-6,8-11,15-16,20H,7,12-14,30-31H2,1H3/t20-,25-/m0/s1. The van der Waals surface area contributed by atoms with Gasteiger partial charge in [0, 0.05) is 16.5 Å². The first-order valence-corrected chi connectivity index (χ1v) is 12.5. The molecule has 0 spiro atoms. The van der Waals surface area contributed by atoms with Gasteiger partial charge in [0.25, 0.3) is 5.91 Å². The van der Waals surface area contributed by atoms with Crippen molar-refractivity contribution < 1.29 is 32.4 Å². The number of halogens is 3. The molecule has 12 heteroatoms. The Balaban J connectivity index is 1.97. The van der Waals surface area contributed by atoms with E-state index in [1.807, 2.05) is 0 Å². The van der Waals surface area contributed by atoms with E-state index in [4.69, 9.17) is 11.5 Å². The van der Waals surface area contributed by atoms with E-state index in [0.717, 1.165) is 5.39 Å². The second-order valence-corrected chi connectivity index (χ2v) is 9.77. The molecule has 1 amide bonds. The molecule has 4 N–H and O–H groups in total. The highest BCUT2D eigenvalue weighted by molar-refractivity contribution is 8.13. The number of pyridine rings is 1. The lowest BCUT2D eigenvalue weighted by Gasteiger charge is -2.38. The number of hydrogen-bond donors (Lipinski definition) is 2. The van der Waals surface area contributed by atoms with Crippen molar-refractivity contribution in [1.82, 2.24) is 10.0 Å². The number of hydrogen-bond acceptors (Lipinski definition) is 8. The number of benzene rings is 2. The van der Waals surface area contributed by atoms with Gasteiger partial charge in [0.15, 0.2) is 0 Å². The summed E-state index contributed by atoms with van der Waals surface area (Å²) in [6.45, 7) is 1.29. The summed E-state index contributed by atoms with van der Waals surface area (Å²) in [6, 6.07) is 15.9. The molecular formula is C26H27F3N4O4S. The summed E-state index contributed by atoms with van der Waals surface area (Å²) in [5, 5.41) is 0.157. The molecule has 0 aliphatic heterocycles. The van der Waals surface area contributed by atoms with Crippen LogP contribution >= 0.6 is 11.8 Å². The normalized spacial score (nSPS) is 13.9. The predicted molar refractivity (Wildman–Crippen MR) is 136 cm³/mol. The summed E-state index contributed by atoms with van der Waals surface area (Å²) >= 11 is 0.662. The van der Waals surface area contributed by atoms with Crippen LogP contribution in [0, 0.1) is 0 Å². The molecule has 0 aliphatic carbocycles. The Hall–Kier alpha value is -3.48. The van der Waals surface area contributed by atoms with Crippen LogP contribution in [0.4, 0.5) is 13.2 Å². The molecule has 0 fully saturated rings. The Kier molecular flexibility index (Phi) is 9.47. The number of amides is 1. The summed E-state index contributed by atoms with van der Waals surface area (Å²) in [5.74, 6) is -3.81. The fraction of sp³-hybridized carbons (Fsp3) is 0.308. The third kappa shape index (κ3) is 7.09. The molecule has 0 radical (unpaired) electrons. The molecule has 0 aliphatic rings. The van der Waals surface area contributed by atoms with Gasteiger partial charge in [-0.1, -0.05) is 48.5 Å². The van der Waals surface area contributed by atoms with Gasteiger partial charge in [-0.2, -0.15) is 18.2 Å². The van der Waals surface area contributed by atoms with Crippen LogP contribution in [0.1, 0.15) is 25.3 Å². The van der Waals surface area contributed by atoms with Gasteiger partial charge in [-0.3, -0.25) is 14.6 Å². The summed E-state index contributed by atoms with van der Waals surface area (Å²) in [7, 11) is 0. The Labute approximate surface area is 221 Å². The zero-order valence-corrected chi connectivity index (χ0v) is 21.3. The maximum absolute atomic E-state index is 13.6. The van der Waals surface area contributed by atoms with Crippen molar-refractivity contribution in [3.8, 4) is 0 Å². The molecule has 2 atom stereocenters. The first-order valence-electron chi connectivity index (χ1n) is 11.7. The lowest BCUT2D eigenvalue weighted by Crippen LogP contribution is -2.60. The Morgan fingerprint density at radius 2 is 1.74 bits per heavy atom. The van der Waals surface area contributed by atoms with Gasteiger partial charge in [-0.05, 0) is 62.2 Å². The smallest absolute Gasteiger partial charge is 0.330 e. The summed E-state index contributed by atoms with van der Waals surface area (Å²) in [6.07, 6.45) is -4.10. The minimum Gasteiger partial charge on any atom is -0.330 e. The Morgan fingerprint density at radius 3 is 2.39 bits per heavy atom.